The van der Waals surface area contributed by atoms with Gasteiger partial charge in [0.2, 0.25) is 5.91 Å². The lowest BCUT2D eigenvalue weighted by Crippen LogP contribution is -2.30. The molecular formula is C22H20N4O3S. The molecule has 3 heterocycles. The number of amides is 3. The molecule has 4 rings (SSSR count). The van der Waals surface area contributed by atoms with Gasteiger partial charge < -0.3 is 5.32 Å². The number of carbonyl (C=O) groups is 3. The minimum absolute atomic E-state index is 0.0994. The van der Waals surface area contributed by atoms with Crippen LogP contribution in [0.4, 0.5) is 5.13 Å². The number of imide groups is 1. The minimum atomic E-state index is -0.235. The Hall–Kier alpha value is -3.39. The van der Waals surface area contributed by atoms with E-state index in [1.54, 1.807) is 30.5 Å². The number of benzene rings is 1. The topological polar surface area (TPSA) is 92.3 Å². The standard InChI is InChI=1S/C22H20N4O3S/c27-19(25-22-24-18(14-30-22)17-10-5-6-12-23-17)11-2-1-7-13-26-20(28)15-8-3-4-9-16(15)21(26)29/h3-6,8-10,12,14H,1-2,7,11,13H2,(H,24,25,27). The van der Waals surface area contributed by atoms with Crippen molar-refractivity contribution in [2.75, 3.05) is 11.9 Å². The van der Waals surface area contributed by atoms with Crippen LogP contribution in [0.15, 0.2) is 54.0 Å². The first-order chi connectivity index (χ1) is 14.6. The molecule has 1 N–H and O–H groups in total. The number of unbranched alkanes of at least 4 members (excludes halogenated alkanes) is 2. The molecule has 1 aromatic carbocycles. The third-order valence-electron chi connectivity index (χ3n) is 4.84. The summed E-state index contributed by atoms with van der Waals surface area (Å²) in [7, 11) is 0. The number of thiazole rings is 1. The van der Waals surface area contributed by atoms with Crippen LogP contribution in [0, 0.1) is 0 Å². The summed E-state index contributed by atoms with van der Waals surface area (Å²) in [5.74, 6) is -0.570. The molecule has 0 saturated carbocycles. The number of nitrogens with zero attached hydrogens (tertiary/aromatic N) is 3. The Morgan fingerprint density at radius 2 is 1.67 bits per heavy atom. The first kappa shape index (κ1) is 19.9. The van der Waals surface area contributed by atoms with Gasteiger partial charge in [-0.25, -0.2) is 4.98 Å². The number of hydrogen-bond donors (Lipinski definition) is 1. The van der Waals surface area contributed by atoms with Gasteiger partial charge in [-0.3, -0.25) is 24.3 Å². The van der Waals surface area contributed by atoms with Crippen molar-refractivity contribution < 1.29 is 14.4 Å². The molecule has 0 radical (unpaired) electrons. The van der Waals surface area contributed by atoms with Crippen LogP contribution in [0.3, 0.4) is 0 Å². The molecule has 0 bridgehead atoms. The second-order valence-corrected chi connectivity index (χ2v) is 7.78. The predicted molar refractivity (Wildman–Crippen MR) is 114 cm³/mol. The Kier molecular flexibility index (Phi) is 5.94. The maximum Gasteiger partial charge on any atom is 0.261 e. The number of carbonyl (C=O) groups excluding carboxylic acids is 3. The van der Waals surface area contributed by atoms with E-state index in [-0.39, 0.29) is 17.7 Å². The summed E-state index contributed by atoms with van der Waals surface area (Å²) in [4.78, 5) is 46.7. The molecule has 0 saturated heterocycles. The summed E-state index contributed by atoms with van der Waals surface area (Å²) in [6, 6.07) is 12.5. The Morgan fingerprint density at radius 3 is 2.37 bits per heavy atom. The fourth-order valence-electron chi connectivity index (χ4n) is 3.32. The van der Waals surface area contributed by atoms with Gasteiger partial charge in [-0.05, 0) is 37.1 Å². The van der Waals surface area contributed by atoms with Gasteiger partial charge in [0.1, 0.15) is 5.69 Å². The van der Waals surface area contributed by atoms with E-state index >= 15 is 0 Å². The first-order valence-electron chi connectivity index (χ1n) is 9.75. The lowest BCUT2D eigenvalue weighted by atomic mass is 10.1. The van der Waals surface area contributed by atoms with E-state index < -0.39 is 0 Å². The minimum Gasteiger partial charge on any atom is -0.302 e. The third kappa shape index (κ3) is 4.28. The van der Waals surface area contributed by atoms with Crippen LogP contribution in [-0.4, -0.2) is 39.1 Å². The molecule has 0 unspecified atom stereocenters. The van der Waals surface area contributed by atoms with Crippen molar-refractivity contribution >= 4 is 34.2 Å². The van der Waals surface area contributed by atoms with E-state index in [4.69, 9.17) is 0 Å². The molecule has 30 heavy (non-hydrogen) atoms. The Labute approximate surface area is 177 Å². The van der Waals surface area contributed by atoms with Gasteiger partial charge in [0.25, 0.3) is 11.8 Å². The molecule has 0 atom stereocenters. The summed E-state index contributed by atoms with van der Waals surface area (Å²) in [6.45, 7) is 0.369. The molecule has 0 aliphatic carbocycles. The summed E-state index contributed by atoms with van der Waals surface area (Å²) in [6.07, 6.45) is 4.15. The van der Waals surface area contributed by atoms with E-state index in [9.17, 15) is 14.4 Å². The highest BCUT2D eigenvalue weighted by Crippen LogP contribution is 2.24. The van der Waals surface area contributed by atoms with E-state index in [0.717, 1.165) is 17.8 Å². The van der Waals surface area contributed by atoms with Crippen molar-refractivity contribution in [1.82, 2.24) is 14.9 Å². The van der Waals surface area contributed by atoms with Gasteiger partial charge in [0.15, 0.2) is 5.13 Å². The number of rotatable bonds is 8. The van der Waals surface area contributed by atoms with Gasteiger partial charge in [-0.1, -0.05) is 24.6 Å². The van der Waals surface area contributed by atoms with Crippen LogP contribution in [0.2, 0.25) is 0 Å². The van der Waals surface area contributed by atoms with Crippen LogP contribution in [0.1, 0.15) is 46.4 Å². The van der Waals surface area contributed by atoms with Crippen molar-refractivity contribution in [2.45, 2.75) is 25.7 Å². The maximum absolute atomic E-state index is 12.3. The highest BCUT2D eigenvalue weighted by atomic mass is 32.1. The van der Waals surface area contributed by atoms with Crippen LogP contribution >= 0.6 is 11.3 Å². The molecule has 1 aliphatic rings. The zero-order valence-corrected chi connectivity index (χ0v) is 17.0. The van der Waals surface area contributed by atoms with E-state index in [1.165, 1.54) is 16.2 Å². The summed E-state index contributed by atoms with van der Waals surface area (Å²) in [5, 5.41) is 5.22. The first-order valence-corrected chi connectivity index (χ1v) is 10.6. The zero-order chi connectivity index (χ0) is 20.9. The summed E-state index contributed by atoms with van der Waals surface area (Å²) < 4.78 is 0. The third-order valence-corrected chi connectivity index (χ3v) is 5.60. The number of hydrogen-bond acceptors (Lipinski definition) is 6. The van der Waals surface area contributed by atoms with Crippen LogP contribution in [0.5, 0.6) is 0 Å². The largest absolute Gasteiger partial charge is 0.302 e. The zero-order valence-electron chi connectivity index (χ0n) is 16.2. The molecule has 0 fully saturated rings. The Bertz CT molecular complexity index is 1050. The number of aromatic nitrogens is 2. The second-order valence-electron chi connectivity index (χ2n) is 6.92. The van der Waals surface area contributed by atoms with Crippen LogP contribution < -0.4 is 5.32 Å². The molecule has 0 spiro atoms. The van der Waals surface area contributed by atoms with Gasteiger partial charge in [-0.2, -0.15) is 0 Å². The quantitative estimate of drug-likeness (QED) is 0.439. The highest BCUT2D eigenvalue weighted by Gasteiger charge is 2.34. The van der Waals surface area contributed by atoms with Crippen LogP contribution in [0.25, 0.3) is 11.4 Å². The van der Waals surface area contributed by atoms with Crippen molar-refractivity contribution in [1.29, 1.82) is 0 Å². The average molecular weight is 420 g/mol. The molecule has 152 valence electrons. The molecule has 3 amide bonds. The normalized spacial score (nSPS) is 12.9. The molecule has 3 aromatic rings. The highest BCUT2D eigenvalue weighted by molar-refractivity contribution is 7.14. The Morgan fingerprint density at radius 1 is 0.933 bits per heavy atom. The van der Waals surface area contributed by atoms with Crippen molar-refractivity contribution in [3.05, 3.63) is 65.2 Å². The monoisotopic (exact) mass is 420 g/mol. The molecule has 1 aliphatic heterocycles. The smallest absolute Gasteiger partial charge is 0.261 e. The van der Waals surface area contributed by atoms with Crippen molar-refractivity contribution in [2.24, 2.45) is 0 Å². The molecule has 7 nitrogen and oxygen atoms in total. The number of pyridine rings is 1. The molecular weight excluding hydrogens is 400 g/mol. The van der Waals surface area contributed by atoms with Crippen molar-refractivity contribution in [3.63, 3.8) is 0 Å². The Balaban J connectivity index is 1.19. The van der Waals surface area contributed by atoms with Crippen LogP contribution in [-0.2, 0) is 4.79 Å². The average Bonchev–Trinajstić information content (AvgIpc) is 3.33. The van der Waals surface area contributed by atoms with Gasteiger partial charge in [-0.15, -0.1) is 11.3 Å². The predicted octanol–water partition coefficient (Wildman–Crippen LogP) is 4.00. The van der Waals surface area contributed by atoms with E-state index in [1.807, 2.05) is 23.6 Å². The fraction of sp³-hybridized carbons (Fsp3) is 0.227. The van der Waals surface area contributed by atoms with Gasteiger partial charge in [0.05, 0.1) is 16.8 Å². The van der Waals surface area contributed by atoms with Gasteiger partial charge in [0, 0.05) is 24.5 Å². The fourth-order valence-corrected chi connectivity index (χ4v) is 4.04. The SMILES string of the molecule is O=C(CCCCCN1C(=O)c2ccccc2C1=O)Nc1nc(-c2ccccn2)cs1. The van der Waals surface area contributed by atoms with Gasteiger partial charge >= 0.3 is 0 Å². The number of nitrogens with one attached hydrogen (secondary N) is 1. The van der Waals surface area contributed by atoms with Crippen molar-refractivity contribution in [3.8, 4) is 11.4 Å². The number of anilines is 1. The molecule has 8 heteroatoms. The number of fused-ring (bicyclic) bond motifs is 1. The second kappa shape index (κ2) is 8.96. The summed E-state index contributed by atoms with van der Waals surface area (Å²) >= 11 is 1.36. The maximum atomic E-state index is 12.3. The van der Waals surface area contributed by atoms with E-state index in [2.05, 4.69) is 15.3 Å². The lowest BCUT2D eigenvalue weighted by Gasteiger charge is -2.13. The lowest BCUT2D eigenvalue weighted by molar-refractivity contribution is -0.116. The van der Waals surface area contributed by atoms with E-state index in [0.29, 0.717) is 42.1 Å². The summed E-state index contributed by atoms with van der Waals surface area (Å²) in [5.41, 5.74) is 2.44. The molecule has 2 aromatic heterocycles.